The molecule has 6 heteroatoms. The van der Waals surface area contributed by atoms with Crippen LogP contribution in [0.3, 0.4) is 0 Å². The standard InChI is InChI=1S/C14H26N4S2/c1(7-17-9-3-15-4-10-17)13-19-20-14-2-8-18-11-5-16-6-12-18/h1-2,7-8,15-16H,3-6,9-14H2. The van der Waals surface area contributed by atoms with E-state index in [-0.39, 0.29) is 0 Å². The number of hydrogen-bond donors (Lipinski definition) is 2. The Kier molecular flexibility index (Phi) is 8.38. The number of rotatable bonds is 7. The second-order valence-electron chi connectivity index (χ2n) is 4.91. The van der Waals surface area contributed by atoms with E-state index in [2.05, 4.69) is 45.0 Å². The predicted octanol–water partition coefficient (Wildman–Crippen LogP) is 1.21. The maximum Gasteiger partial charge on any atom is 0.0298 e. The summed E-state index contributed by atoms with van der Waals surface area (Å²) in [6, 6.07) is 0. The molecule has 2 rings (SSSR count). The molecule has 0 atom stereocenters. The fourth-order valence-electron chi connectivity index (χ4n) is 2.22. The Morgan fingerprint density at radius 2 is 1.10 bits per heavy atom. The third kappa shape index (κ3) is 6.92. The Balaban J connectivity index is 1.44. The lowest BCUT2D eigenvalue weighted by Crippen LogP contribution is -2.40. The highest BCUT2D eigenvalue weighted by Gasteiger charge is 2.04. The van der Waals surface area contributed by atoms with Gasteiger partial charge in [0.05, 0.1) is 0 Å². The number of hydrogen-bond acceptors (Lipinski definition) is 6. The molecule has 2 N–H and O–H groups in total. The maximum atomic E-state index is 3.37. The van der Waals surface area contributed by atoms with Crippen molar-refractivity contribution in [3.63, 3.8) is 0 Å². The highest BCUT2D eigenvalue weighted by molar-refractivity contribution is 8.76. The minimum atomic E-state index is 1.09. The molecule has 4 nitrogen and oxygen atoms in total. The number of nitrogens with zero attached hydrogens (tertiary/aromatic N) is 2. The van der Waals surface area contributed by atoms with E-state index in [1.54, 1.807) is 0 Å². The van der Waals surface area contributed by atoms with Gasteiger partial charge in [-0.2, -0.15) is 0 Å². The molecule has 2 saturated heterocycles. The van der Waals surface area contributed by atoms with Crippen LogP contribution < -0.4 is 10.6 Å². The van der Waals surface area contributed by atoms with Crippen molar-refractivity contribution in [2.75, 3.05) is 63.9 Å². The highest BCUT2D eigenvalue weighted by atomic mass is 33.1. The topological polar surface area (TPSA) is 30.5 Å². The van der Waals surface area contributed by atoms with E-state index in [0.29, 0.717) is 0 Å². The van der Waals surface area contributed by atoms with E-state index in [9.17, 15) is 0 Å². The van der Waals surface area contributed by atoms with E-state index in [0.717, 1.165) is 63.9 Å². The molecule has 2 heterocycles. The van der Waals surface area contributed by atoms with Crippen LogP contribution in [0.4, 0.5) is 0 Å². The fourth-order valence-corrected chi connectivity index (χ4v) is 3.79. The zero-order valence-corrected chi connectivity index (χ0v) is 13.7. The zero-order chi connectivity index (χ0) is 13.9. The van der Waals surface area contributed by atoms with Gasteiger partial charge in [-0.3, -0.25) is 0 Å². The third-order valence-corrected chi connectivity index (χ3v) is 5.49. The molecule has 0 aromatic rings. The molecular weight excluding hydrogens is 288 g/mol. The molecule has 0 spiro atoms. The van der Waals surface area contributed by atoms with E-state index in [4.69, 9.17) is 0 Å². The van der Waals surface area contributed by atoms with Gasteiger partial charge in [0, 0.05) is 63.9 Å². The quantitative estimate of drug-likeness (QED) is 0.542. The van der Waals surface area contributed by atoms with Gasteiger partial charge in [0.25, 0.3) is 0 Å². The molecule has 20 heavy (non-hydrogen) atoms. The van der Waals surface area contributed by atoms with E-state index < -0.39 is 0 Å². The summed E-state index contributed by atoms with van der Waals surface area (Å²) >= 11 is 0. The van der Waals surface area contributed by atoms with Crippen molar-refractivity contribution in [3.05, 3.63) is 24.6 Å². The van der Waals surface area contributed by atoms with Crippen molar-refractivity contribution in [2.45, 2.75) is 0 Å². The van der Waals surface area contributed by atoms with Gasteiger partial charge in [0.15, 0.2) is 0 Å². The summed E-state index contributed by atoms with van der Waals surface area (Å²) in [5.41, 5.74) is 0. The van der Waals surface area contributed by atoms with Crippen LogP contribution in [0.5, 0.6) is 0 Å². The van der Waals surface area contributed by atoms with Crippen LogP contribution >= 0.6 is 21.6 Å². The molecule has 0 aliphatic carbocycles. The molecular formula is C14H26N4S2. The van der Waals surface area contributed by atoms with Crippen LogP contribution in [0.15, 0.2) is 24.6 Å². The Labute approximate surface area is 130 Å². The summed E-state index contributed by atoms with van der Waals surface area (Å²) < 4.78 is 0. The molecule has 0 bridgehead atoms. The average Bonchev–Trinajstić information content (AvgIpc) is 2.52. The van der Waals surface area contributed by atoms with E-state index in [1.165, 1.54) is 0 Å². The molecule has 114 valence electrons. The molecule has 0 saturated carbocycles. The van der Waals surface area contributed by atoms with Crippen molar-refractivity contribution in [1.29, 1.82) is 0 Å². The van der Waals surface area contributed by atoms with Gasteiger partial charge in [-0.1, -0.05) is 33.7 Å². The summed E-state index contributed by atoms with van der Waals surface area (Å²) in [5, 5.41) is 6.73. The average molecular weight is 315 g/mol. The Hall–Kier alpha value is -0.300. The molecule has 0 radical (unpaired) electrons. The molecule has 0 aromatic heterocycles. The van der Waals surface area contributed by atoms with Crippen molar-refractivity contribution in [3.8, 4) is 0 Å². The molecule has 2 fully saturated rings. The largest absolute Gasteiger partial charge is 0.375 e. The zero-order valence-electron chi connectivity index (χ0n) is 12.1. The third-order valence-electron chi connectivity index (χ3n) is 3.35. The normalized spacial score (nSPS) is 21.2. The van der Waals surface area contributed by atoms with Gasteiger partial charge in [-0.05, 0) is 12.4 Å². The number of piperazine rings is 2. The SMILES string of the molecule is C(=CN1CCNCC1)CSSCC=CN1CCNCC1. The van der Waals surface area contributed by atoms with Crippen molar-refractivity contribution < 1.29 is 0 Å². The van der Waals surface area contributed by atoms with Crippen LogP contribution in [0, 0.1) is 0 Å². The fraction of sp³-hybridized carbons (Fsp3) is 0.714. The molecule has 0 aromatic carbocycles. The second kappa shape index (κ2) is 10.4. The van der Waals surface area contributed by atoms with Gasteiger partial charge in [-0.15, -0.1) is 0 Å². The van der Waals surface area contributed by atoms with Gasteiger partial charge in [-0.25, -0.2) is 0 Å². The van der Waals surface area contributed by atoms with Crippen LogP contribution in [0.25, 0.3) is 0 Å². The first-order valence-electron chi connectivity index (χ1n) is 7.42. The van der Waals surface area contributed by atoms with Crippen LogP contribution in [0.1, 0.15) is 0 Å². The summed E-state index contributed by atoms with van der Waals surface area (Å²) in [5.74, 6) is 2.19. The van der Waals surface area contributed by atoms with Crippen LogP contribution in [0.2, 0.25) is 0 Å². The summed E-state index contributed by atoms with van der Waals surface area (Å²) in [6.45, 7) is 9.02. The predicted molar refractivity (Wildman–Crippen MR) is 92.1 cm³/mol. The first-order valence-corrected chi connectivity index (χ1v) is 9.91. The van der Waals surface area contributed by atoms with Crippen molar-refractivity contribution >= 4 is 21.6 Å². The minimum Gasteiger partial charge on any atom is -0.375 e. The highest BCUT2D eigenvalue weighted by Crippen LogP contribution is 2.21. The lowest BCUT2D eigenvalue weighted by molar-refractivity contribution is 0.324. The Morgan fingerprint density at radius 3 is 1.50 bits per heavy atom. The van der Waals surface area contributed by atoms with E-state index in [1.807, 2.05) is 21.6 Å². The van der Waals surface area contributed by atoms with Crippen molar-refractivity contribution in [2.24, 2.45) is 0 Å². The Bertz CT molecular complexity index is 268. The molecule has 2 aliphatic rings. The molecule has 2 aliphatic heterocycles. The number of nitrogens with one attached hydrogen (secondary N) is 2. The van der Waals surface area contributed by atoms with Crippen molar-refractivity contribution in [1.82, 2.24) is 20.4 Å². The summed E-state index contributed by atoms with van der Waals surface area (Å²) in [6.07, 6.45) is 9.07. The molecule has 0 amide bonds. The monoisotopic (exact) mass is 314 g/mol. The minimum absolute atomic E-state index is 1.09. The van der Waals surface area contributed by atoms with Gasteiger partial charge in [0.1, 0.15) is 0 Å². The second-order valence-corrected chi connectivity index (χ2v) is 7.46. The van der Waals surface area contributed by atoms with Gasteiger partial charge >= 0.3 is 0 Å². The van der Waals surface area contributed by atoms with Gasteiger partial charge in [0.2, 0.25) is 0 Å². The summed E-state index contributed by atoms with van der Waals surface area (Å²) in [7, 11) is 3.87. The van der Waals surface area contributed by atoms with Crippen LogP contribution in [-0.4, -0.2) is 73.7 Å². The van der Waals surface area contributed by atoms with E-state index >= 15 is 0 Å². The maximum absolute atomic E-state index is 3.37. The first kappa shape index (κ1) is 16.1. The van der Waals surface area contributed by atoms with Crippen LogP contribution in [-0.2, 0) is 0 Å². The first-order chi connectivity index (χ1) is 9.95. The molecule has 0 unspecified atom stereocenters. The smallest absolute Gasteiger partial charge is 0.0298 e. The lowest BCUT2D eigenvalue weighted by Gasteiger charge is -2.25. The summed E-state index contributed by atoms with van der Waals surface area (Å²) in [4.78, 5) is 4.79. The Morgan fingerprint density at radius 1 is 0.700 bits per heavy atom. The van der Waals surface area contributed by atoms with Gasteiger partial charge < -0.3 is 20.4 Å². The lowest BCUT2D eigenvalue weighted by atomic mass is 10.4.